The summed E-state index contributed by atoms with van der Waals surface area (Å²) in [5.41, 5.74) is 5.29. The van der Waals surface area contributed by atoms with Gasteiger partial charge in [0.25, 0.3) is 0 Å². The highest BCUT2D eigenvalue weighted by Crippen LogP contribution is 2.19. The van der Waals surface area contributed by atoms with Crippen LogP contribution in [0.25, 0.3) is 0 Å². The number of amides is 1. The summed E-state index contributed by atoms with van der Waals surface area (Å²) < 4.78 is 0. The molecule has 1 heterocycles. The lowest BCUT2D eigenvalue weighted by Gasteiger charge is -2.17. The molecule has 14 heavy (non-hydrogen) atoms. The number of hydrogen-bond acceptors (Lipinski definition) is 3. The summed E-state index contributed by atoms with van der Waals surface area (Å²) in [7, 11) is 0. The van der Waals surface area contributed by atoms with Crippen LogP contribution in [0.2, 0.25) is 0 Å². The highest BCUT2D eigenvalue weighted by atomic mass is 32.1. The number of aliphatic hydroxyl groups is 1. The smallest absolute Gasteiger partial charge is 0.229 e. The van der Waals surface area contributed by atoms with Crippen LogP contribution < -0.4 is 5.73 Å². The molecule has 0 spiro atoms. The molecule has 5 heteroatoms. The van der Waals surface area contributed by atoms with Crippen LogP contribution in [0, 0.1) is 5.92 Å². The molecule has 1 rings (SSSR count). The van der Waals surface area contributed by atoms with E-state index in [0.29, 0.717) is 13.1 Å². The molecule has 0 aromatic heterocycles. The molecular formula is C9H16N2O2S. The first-order valence-corrected chi connectivity index (χ1v) is 5.15. The number of nitrogens with two attached hydrogens (primary N) is 1. The third-order valence-electron chi connectivity index (χ3n) is 2.59. The molecule has 1 fully saturated rings. The van der Waals surface area contributed by atoms with Crippen LogP contribution in [-0.2, 0) is 4.79 Å². The van der Waals surface area contributed by atoms with Crippen molar-refractivity contribution < 1.29 is 9.90 Å². The highest BCUT2D eigenvalue weighted by Gasteiger charge is 2.28. The number of rotatable bonds is 3. The van der Waals surface area contributed by atoms with Crippen LogP contribution in [0.3, 0.4) is 0 Å². The van der Waals surface area contributed by atoms with Crippen LogP contribution in [0.15, 0.2) is 0 Å². The minimum absolute atomic E-state index is 0.0272. The Morgan fingerprint density at radius 1 is 1.79 bits per heavy atom. The maximum Gasteiger partial charge on any atom is 0.229 e. The zero-order valence-electron chi connectivity index (χ0n) is 8.27. The van der Waals surface area contributed by atoms with E-state index >= 15 is 0 Å². The zero-order chi connectivity index (χ0) is 10.7. The van der Waals surface area contributed by atoms with E-state index in [0.717, 1.165) is 6.42 Å². The maximum absolute atomic E-state index is 11.5. The Bertz CT molecular complexity index is 243. The van der Waals surface area contributed by atoms with Crippen molar-refractivity contribution in [2.75, 3.05) is 13.1 Å². The standard InChI is InChI=1S/C9H16N2O2S/c1-6(12)7-2-3-11(5-7)9(13)4-8(10)14/h6-7,12H,2-5H2,1H3,(H2,10,14). The van der Waals surface area contributed by atoms with E-state index in [1.165, 1.54) is 0 Å². The predicted molar refractivity (Wildman–Crippen MR) is 57.8 cm³/mol. The molecule has 0 aromatic rings. The first kappa shape index (κ1) is 11.4. The number of carbonyl (C=O) groups excluding carboxylic acids is 1. The number of likely N-dealkylation sites (tertiary alicyclic amines) is 1. The van der Waals surface area contributed by atoms with Crippen LogP contribution in [-0.4, -0.2) is 40.1 Å². The summed E-state index contributed by atoms with van der Waals surface area (Å²) in [6.45, 7) is 3.09. The molecular weight excluding hydrogens is 200 g/mol. The molecule has 0 radical (unpaired) electrons. The second kappa shape index (κ2) is 4.70. The van der Waals surface area contributed by atoms with Gasteiger partial charge in [-0.05, 0) is 13.3 Å². The van der Waals surface area contributed by atoms with E-state index in [-0.39, 0.29) is 29.3 Å². The summed E-state index contributed by atoms with van der Waals surface area (Å²) in [6.07, 6.45) is 0.653. The van der Waals surface area contributed by atoms with Crippen LogP contribution >= 0.6 is 12.2 Å². The summed E-state index contributed by atoms with van der Waals surface area (Å²) in [5, 5.41) is 9.35. The lowest BCUT2D eigenvalue weighted by Crippen LogP contribution is -2.32. The third kappa shape index (κ3) is 2.92. The minimum atomic E-state index is -0.349. The van der Waals surface area contributed by atoms with Gasteiger partial charge in [-0.25, -0.2) is 0 Å². The van der Waals surface area contributed by atoms with Gasteiger partial charge in [-0.15, -0.1) is 0 Å². The second-order valence-corrected chi connectivity index (χ2v) is 4.30. The SMILES string of the molecule is CC(O)C1CCN(C(=O)CC(N)=S)C1. The Morgan fingerprint density at radius 2 is 2.43 bits per heavy atom. The van der Waals surface area contributed by atoms with Gasteiger partial charge in [0.1, 0.15) is 0 Å². The predicted octanol–water partition coefficient (Wildman–Crippen LogP) is -0.108. The third-order valence-corrected chi connectivity index (χ3v) is 2.73. The number of carbonyl (C=O) groups is 1. The van der Waals surface area contributed by atoms with Crippen molar-refractivity contribution in [3.8, 4) is 0 Å². The van der Waals surface area contributed by atoms with Gasteiger partial charge in [0, 0.05) is 19.0 Å². The first-order valence-electron chi connectivity index (χ1n) is 4.75. The quantitative estimate of drug-likeness (QED) is 0.646. The second-order valence-electron chi connectivity index (χ2n) is 3.77. The van der Waals surface area contributed by atoms with Gasteiger partial charge in [0.15, 0.2) is 0 Å². The van der Waals surface area contributed by atoms with Crippen molar-refractivity contribution in [1.29, 1.82) is 0 Å². The average Bonchev–Trinajstić information content (AvgIpc) is 2.50. The highest BCUT2D eigenvalue weighted by molar-refractivity contribution is 7.80. The van der Waals surface area contributed by atoms with Gasteiger partial charge in [-0.3, -0.25) is 4.79 Å². The molecule has 1 amide bonds. The van der Waals surface area contributed by atoms with Gasteiger partial charge < -0.3 is 15.7 Å². The molecule has 0 saturated carbocycles. The van der Waals surface area contributed by atoms with Crippen molar-refractivity contribution in [3.05, 3.63) is 0 Å². The molecule has 0 bridgehead atoms. The van der Waals surface area contributed by atoms with Gasteiger partial charge >= 0.3 is 0 Å². The number of hydrogen-bond donors (Lipinski definition) is 2. The van der Waals surface area contributed by atoms with E-state index in [9.17, 15) is 9.90 Å². The van der Waals surface area contributed by atoms with Gasteiger partial charge in [-0.1, -0.05) is 12.2 Å². The van der Waals surface area contributed by atoms with Crippen LogP contribution in [0.5, 0.6) is 0 Å². The van der Waals surface area contributed by atoms with E-state index in [4.69, 9.17) is 5.73 Å². The van der Waals surface area contributed by atoms with Gasteiger partial charge in [-0.2, -0.15) is 0 Å². The first-order chi connectivity index (χ1) is 6.50. The largest absolute Gasteiger partial charge is 0.393 e. The van der Waals surface area contributed by atoms with E-state index in [2.05, 4.69) is 12.2 Å². The molecule has 1 saturated heterocycles. The summed E-state index contributed by atoms with van der Waals surface area (Å²) in [6, 6.07) is 0. The van der Waals surface area contributed by atoms with Crippen molar-refractivity contribution in [3.63, 3.8) is 0 Å². The number of thiocarbonyl (C=S) groups is 1. The molecule has 0 aromatic carbocycles. The topological polar surface area (TPSA) is 66.6 Å². The number of nitrogens with zero attached hydrogens (tertiary/aromatic N) is 1. The Morgan fingerprint density at radius 3 is 2.86 bits per heavy atom. The van der Waals surface area contributed by atoms with E-state index in [1.54, 1.807) is 11.8 Å². The van der Waals surface area contributed by atoms with Gasteiger partial charge in [0.2, 0.25) is 5.91 Å². The van der Waals surface area contributed by atoms with Crippen molar-refractivity contribution >= 4 is 23.1 Å². The molecule has 1 aliphatic rings. The fraction of sp³-hybridized carbons (Fsp3) is 0.778. The fourth-order valence-electron chi connectivity index (χ4n) is 1.67. The summed E-state index contributed by atoms with van der Waals surface area (Å²) in [4.78, 5) is 13.5. The lowest BCUT2D eigenvalue weighted by atomic mass is 10.0. The lowest BCUT2D eigenvalue weighted by molar-refractivity contribution is -0.129. The summed E-state index contributed by atoms with van der Waals surface area (Å²) in [5.74, 6) is 0.172. The molecule has 0 aliphatic carbocycles. The van der Waals surface area contributed by atoms with Gasteiger partial charge in [0.05, 0.1) is 17.5 Å². The van der Waals surface area contributed by atoms with Crippen LogP contribution in [0.1, 0.15) is 19.8 Å². The maximum atomic E-state index is 11.5. The zero-order valence-corrected chi connectivity index (χ0v) is 9.09. The van der Waals surface area contributed by atoms with Crippen molar-refractivity contribution in [1.82, 2.24) is 4.90 Å². The Hall–Kier alpha value is -0.680. The Labute approximate surface area is 89.1 Å². The average molecular weight is 216 g/mol. The molecule has 1 aliphatic heterocycles. The van der Waals surface area contributed by atoms with E-state index < -0.39 is 0 Å². The van der Waals surface area contributed by atoms with E-state index in [1.807, 2.05) is 0 Å². The molecule has 2 atom stereocenters. The number of aliphatic hydroxyl groups excluding tert-OH is 1. The Balaban J connectivity index is 2.41. The van der Waals surface area contributed by atoms with Crippen molar-refractivity contribution in [2.45, 2.75) is 25.9 Å². The molecule has 80 valence electrons. The monoisotopic (exact) mass is 216 g/mol. The Kier molecular flexibility index (Phi) is 3.83. The molecule has 4 nitrogen and oxygen atoms in total. The molecule has 3 N–H and O–H groups in total. The van der Waals surface area contributed by atoms with Crippen molar-refractivity contribution in [2.24, 2.45) is 11.7 Å². The fourth-order valence-corrected chi connectivity index (χ4v) is 1.79. The normalized spacial score (nSPS) is 23.6. The minimum Gasteiger partial charge on any atom is -0.393 e. The van der Waals surface area contributed by atoms with Crippen LogP contribution in [0.4, 0.5) is 0 Å². The molecule has 2 unspecified atom stereocenters. The summed E-state index contributed by atoms with van der Waals surface area (Å²) >= 11 is 4.67.